The maximum atomic E-state index is 12.1. The van der Waals surface area contributed by atoms with Crippen molar-refractivity contribution in [1.82, 2.24) is 10.2 Å². The SMILES string of the molecule is CC(C)C(NCCC1CCN(C(=O)OC(C)(C)C)C1)c1cccs1. The van der Waals surface area contributed by atoms with E-state index >= 15 is 0 Å². The number of ether oxygens (including phenoxy) is 1. The zero-order valence-electron chi connectivity index (χ0n) is 15.7. The molecule has 1 aromatic rings. The third-order valence-corrected chi connectivity index (χ3v) is 5.33. The lowest BCUT2D eigenvalue weighted by Gasteiger charge is -2.25. The van der Waals surface area contributed by atoms with E-state index in [1.165, 1.54) is 4.88 Å². The van der Waals surface area contributed by atoms with Crippen molar-refractivity contribution in [3.05, 3.63) is 22.4 Å². The zero-order valence-corrected chi connectivity index (χ0v) is 16.5. The van der Waals surface area contributed by atoms with E-state index in [1.54, 1.807) is 0 Å². The molecule has 0 spiro atoms. The molecule has 0 aromatic carbocycles. The van der Waals surface area contributed by atoms with Crippen LogP contribution in [0.15, 0.2) is 17.5 Å². The van der Waals surface area contributed by atoms with E-state index in [0.717, 1.165) is 32.5 Å². The fraction of sp³-hybridized carbons (Fsp3) is 0.737. The minimum Gasteiger partial charge on any atom is -0.444 e. The van der Waals surface area contributed by atoms with Crippen molar-refractivity contribution in [2.45, 2.75) is 59.1 Å². The number of nitrogens with zero attached hydrogens (tertiary/aromatic N) is 1. The van der Waals surface area contributed by atoms with Crippen LogP contribution < -0.4 is 5.32 Å². The maximum Gasteiger partial charge on any atom is 0.410 e. The molecule has 1 N–H and O–H groups in total. The molecule has 1 fully saturated rings. The van der Waals surface area contributed by atoms with Crippen LogP contribution in [0.25, 0.3) is 0 Å². The molecule has 0 radical (unpaired) electrons. The van der Waals surface area contributed by atoms with Crippen LogP contribution in [-0.4, -0.2) is 36.2 Å². The molecule has 1 aliphatic heterocycles. The van der Waals surface area contributed by atoms with E-state index in [2.05, 4.69) is 36.7 Å². The van der Waals surface area contributed by atoms with Crippen molar-refractivity contribution in [3.63, 3.8) is 0 Å². The van der Waals surface area contributed by atoms with Crippen molar-refractivity contribution < 1.29 is 9.53 Å². The van der Waals surface area contributed by atoms with Crippen LogP contribution in [0.5, 0.6) is 0 Å². The first kappa shape index (κ1) is 19.3. The van der Waals surface area contributed by atoms with E-state index in [-0.39, 0.29) is 6.09 Å². The Hall–Kier alpha value is -1.07. The second-order valence-electron chi connectivity index (χ2n) is 8.06. The number of hydrogen-bond donors (Lipinski definition) is 1. The predicted octanol–water partition coefficient (Wildman–Crippen LogP) is 4.68. The minimum atomic E-state index is -0.415. The van der Waals surface area contributed by atoms with Crippen molar-refractivity contribution >= 4 is 17.4 Å². The summed E-state index contributed by atoms with van der Waals surface area (Å²) in [7, 11) is 0. The van der Waals surface area contributed by atoms with Gasteiger partial charge in [-0.15, -0.1) is 11.3 Å². The van der Waals surface area contributed by atoms with Crippen LogP contribution in [0.2, 0.25) is 0 Å². The van der Waals surface area contributed by atoms with Crippen LogP contribution in [-0.2, 0) is 4.74 Å². The van der Waals surface area contributed by atoms with Crippen molar-refractivity contribution in [3.8, 4) is 0 Å². The molecule has 0 saturated carbocycles. The first-order chi connectivity index (χ1) is 11.3. The van der Waals surface area contributed by atoms with E-state index in [9.17, 15) is 4.79 Å². The Morgan fingerprint density at radius 3 is 2.79 bits per heavy atom. The average molecular weight is 353 g/mol. The number of thiophene rings is 1. The van der Waals surface area contributed by atoms with Gasteiger partial charge in [-0.25, -0.2) is 4.79 Å². The summed E-state index contributed by atoms with van der Waals surface area (Å²) in [5.74, 6) is 1.15. The first-order valence-electron chi connectivity index (χ1n) is 9.01. The number of likely N-dealkylation sites (tertiary alicyclic amines) is 1. The molecular formula is C19H32N2O2S. The van der Waals surface area contributed by atoms with Gasteiger partial charge in [0.05, 0.1) is 0 Å². The van der Waals surface area contributed by atoms with Crippen molar-refractivity contribution in [2.24, 2.45) is 11.8 Å². The van der Waals surface area contributed by atoms with Crippen LogP contribution in [0.4, 0.5) is 4.79 Å². The molecule has 1 aromatic heterocycles. The fourth-order valence-electron chi connectivity index (χ4n) is 3.14. The molecular weight excluding hydrogens is 320 g/mol. The number of carbonyl (C=O) groups excluding carboxylic acids is 1. The van der Waals surface area contributed by atoms with Crippen LogP contribution >= 0.6 is 11.3 Å². The number of carbonyl (C=O) groups is 1. The van der Waals surface area contributed by atoms with Crippen molar-refractivity contribution in [2.75, 3.05) is 19.6 Å². The normalized spacial score (nSPS) is 19.8. The summed E-state index contributed by atoms with van der Waals surface area (Å²) in [4.78, 5) is 15.4. The summed E-state index contributed by atoms with van der Waals surface area (Å²) in [6.45, 7) is 12.9. The largest absolute Gasteiger partial charge is 0.444 e. The van der Waals surface area contributed by atoms with Crippen molar-refractivity contribution in [1.29, 1.82) is 0 Å². The van der Waals surface area contributed by atoms with Gasteiger partial charge in [0.1, 0.15) is 5.60 Å². The van der Waals surface area contributed by atoms with E-state index < -0.39 is 5.60 Å². The lowest BCUT2D eigenvalue weighted by molar-refractivity contribution is 0.0287. The molecule has 24 heavy (non-hydrogen) atoms. The lowest BCUT2D eigenvalue weighted by atomic mass is 10.0. The molecule has 2 rings (SSSR count). The Morgan fingerprint density at radius 1 is 1.46 bits per heavy atom. The van der Waals surface area contributed by atoms with Gasteiger partial charge in [0.15, 0.2) is 0 Å². The summed E-state index contributed by atoms with van der Waals surface area (Å²) in [6.07, 6.45) is 2.01. The Labute approximate surface area is 150 Å². The van der Waals surface area contributed by atoms with Gasteiger partial charge in [-0.05, 0) is 63.4 Å². The molecule has 136 valence electrons. The third kappa shape index (κ3) is 5.78. The van der Waals surface area contributed by atoms with E-state index in [1.807, 2.05) is 37.0 Å². The zero-order chi connectivity index (χ0) is 17.7. The van der Waals surface area contributed by atoms with E-state index in [4.69, 9.17) is 4.74 Å². The molecule has 2 unspecified atom stereocenters. The third-order valence-electron chi connectivity index (χ3n) is 4.37. The second kappa shape index (κ2) is 8.34. The Bertz CT molecular complexity index is 508. The maximum absolute atomic E-state index is 12.1. The van der Waals surface area contributed by atoms with Gasteiger partial charge in [-0.1, -0.05) is 19.9 Å². The first-order valence-corrected chi connectivity index (χ1v) is 9.89. The smallest absolute Gasteiger partial charge is 0.410 e. The van der Waals surface area contributed by atoms with Gasteiger partial charge in [0.25, 0.3) is 0 Å². The Balaban J connectivity index is 1.74. The van der Waals surface area contributed by atoms with Gasteiger partial charge < -0.3 is 15.0 Å². The van der Waals surface area contributed by atoms with Gasteiger partial charge in [-0.3, -0.25) is 0 Å². The molecule has 0 bridgehead atoms. The molecule has 0 aliphatic carbocycles. The van der Waals surface area contributed by atoms with E-state index in [0.29, 0.717) is 17.9 Å². The number of amides is 1. The Kier molecular flexibility index (Phi) is 6.70. The number of rotatable bonds is 6. The van der Waals surface area contributed by atoms with Crippen LogP contribution in [0.3, 0.4) is 0 Å². The average Bonchev–Trinajstić information content (AvgIpc) is 3.13. The monoisotopic (exact) mass is 352 g/mol. The lowest BCUT2D eigenvalue weighted by Crippen LogP contribution is -2.35. The minimum absolute atomic E-state index is 0.170. The highest BCUT2D eigenvalue weighted by molar-refractivity contribution is 7.10. The highest BCUT2D eigenvalue weighted by Crippen LogP contribution is 2.27. The summed E-state index contributed by atoms with van der Waals surface area (Å²) in [5.41, 5.74) is -0.415. The summed E-state index contributed by atoms with van der Waals surface area (Å²) in [5, 5.41) is 5.85. The van der Waals surface area contributed by atoms with Gasteiger partial charge >= 0.3 is 6.09 Å². The molecule has 5 heteroatoms. The highest BCUT2D eigenvalue weighted by Gasteiger charge is 2.29. The molecule has 4 nitrogen and oxygen atoms in total. The van der Waals surface area contributed by atoms with Crippen LogP contribution in [0.1, 0.15) is 58.4 Å². The standard InChI is InChI=1S/C19H32N2O2S/c1-14(2)17(16-7-6-12-24-16)20-10-8-15-9-11-21(13-15)18(22)23-19(3,4)5/h6-7,12,14-15,17,20H,8-11,13H2,1-5H3. The summed E-state index contributed by atoms with van der Waals surface area (Å²) >= 11 is 1.82. The molecule has 1 aliphatic rings. The van der Waals surface area contributed by atoms with Crippen LogP contribution in [0, 0.1) is 11.8 Å². The van der Waals surface area contributed by atoms with Gasteiger partial charge in [0, 0.05) is 24.0 Å². The number of nitrogens with one attached hydrogen (secondary N) is 1. The molecule has 1 saturated heterocycles. The van der Waals surface area contributed by atoms with Gasteiger partial charge in [0.2, 0.25) is 0 Å². The number of hydrogen-bond acceptors (Lipinski definition) is 4. The molecule has 1 amide bonds. The summed E-state index contributed by atoms with van der Waals surface area (Å²) < 4.78 is 5.47. The Morgan fingerprint density at radius 2 is 2.21 bits per heavy atom. The molecule has 2 atom stereocenters. The second-order valence-corrected chi connectivity index (χ2v) is 9.04. The van der Waals surface area contributed by atoms with Gasteiger partial charge in [-0.2, -0.15) is 0 Å². The summed E-state index contributed by atoms with van der Waals surface area (Å²) in [6, 6.07) is 4.75. The topological polar surface area (TPSA) is 41.6 Å². The fourth-order valence-corrected chi connectivity index (χ4v) is 4.11. The highest BCUT2D eigenvalue weighted by atomic mass is 32.1. The quantitative estimate of drug-likeness (QED) is 0.808. The molecule has 2 heterocycles. The predicted molar refractivity (Wildman–Crippen MR) is 100 cm³/mol.